The first-order valence-electron chi connectivity index (χ1n) is 8.87. The third kappa shape index (κ3) is 3.08. The Bertz CT molecular complexity index is 1070. The lowest BCUT2D eigenvalue weighted by atomic mass is 10.0. The largest absolute Gasteiger partial charge is 0.507 e. The molecule has 1 aromatic heterocycles. The predicted octanol–water partition coefficient (Wildman–Crippen LogP) is 2.90. The second kappa shape index (κ2) is 6.89. The summed E-state index contributed by atoms with van der Waals surface area (Å²) in [6.07, 6.45) is 2.41. The monoisotopic (exact) mass is 365 g/mol. The summed E-state index contributed by atoms with van der Waals surface area (Å²) in [6.45, 7) is 0.0523. The Morgan fingerprint density at radius 2 is 1.85 bits per heavy atom. The number of carbonyl (C=O) groups is 1. The number of hydrogen-bond donors (Lipinski definition) is 3. The van der Waals surface area contributed by atoms with Crippen molar-refractivity contribution in [1.29, 1.82) is 0 Å². The molecule has 1 aliphatic carbocycles. The van der Waals surface area contributed by atoms with Crippen LogP contribution in [-0.2, 0) is 24.2 Å². The lowest BCUT2D eigenvalue weighted by Gasteiger charge is -2.16. The maximum Gasteiger partial charge on any atom is 0.339 e. The van der Waals surface area contributed by atoms with Gasteiger partial charge in [0.1, 0.15) is 17.4 Å². The van der Waals surface area contributed by atoms with Gasteiger partial charge in [0.25, 0.3) is 0 Å². The zero-order valence-corrected chi connectivity index (χ0v) is 14.6. The van der Waals surface area contributed by atoms with Crippen LogP contribution in [0.15, 0.2) is 51.7 Å². The van der Waals surface area contributed by atoms with E-state index in [9.17, 15) is 19.8 Å². The molecule has 1 aliphatic rings. The van der Waals surface area contributed by atoms with E-state index in [1.54, 1.807) is 36.4 Å². The Morgan fingerprint density at radius 3 is 2.59 bits per heavy atom. The maximum absolute atomic E-state index is 12.3. The minimum Gasteiger partial charge on any atom is -0.507 e. The molecule has 0 bridgehead atoms. The number of carboxylic acid groups (broad SMARTS) is 1. The summed E-state index contributed by atoms with van der Waals surface area (Å²) in [5, 5.41) is 23.6. The molecule has 0 unspecified atom stereocenters. The van der Waals surface area contributed by atoms with Crippen molar-refractivity contribution in [2.24, 2.45) is 0 Å². The van der Waals surface area contributed by atoms with E-state index in [4.69, 9.17) is 4.42 Å². The molecule has 0 saturated carbocycles. The van der Waals surface area contributed by atoms with E-state index >= 15 is 0 Å². The number of hydrogen-bond acceptors (Lipinski definition) is 5. The number of nitrogens with one attached hydrogen (secondary N) is 1. The van der Waals surface area contributed by atoms with Crippen LogP contribution in [0.25, 0.3) is 11.0 Å². The van der Waals surface area contributed by atoms with Gasteiger partial charge in [-0.05, 0) is 42.5 Å². The number of fused-ring (bicyclic) bond motifs is 3. The normalized spacial score (nSPS) is 14.2. The molecule has 1 heterocycles. The Balaban J connectivity index is 1.73. The molecule has 27 heavy (non-hydrogen) atoms. The van der Waals surface area contributed by atoms with Gasteiger partial charge in [-0.25, -0.2) is 4.79 Å². The number of rotatable bonds is 5. The summed E-state index contributed by atoms with van der Waals surface area (Å²) >= 11 is 0. The van der Waals surface area contributed by atoms with Crippen molar-refractivity contribution in [3.8, 4) is 5.75 Å². The van der Waals surface area contributed by atoms with E-state index in [1.165, 1.54) is 0 Å². The second-order valence-corrected chi connectivity index (χ2v) is 6.70. The Labute approximate surface area is 155 Å². The third-order valence-corrected chi connectivity index (χ3v) is 5.08. The molecule has 6 nitrogen and oxygen atoms in total. The van der Waals surface area contributed by atoms with Crippen LogP contribution in [0, 0.1) is 0 Å². The number of benzene rings is 2. The average molecular weight is 365 g/mol. The lowest BCUT2D eigenvalue weighted by molar-refractivity contribution is -0.139. The molecule has 0 aliphatic heterocycles. The van der Waals surface area contributed by atoms with E-state index < -0.39 is 12.0 Å². The van der Waals surface area contributed by atoms with E-state index in [0.717, 1.165) is 23.8 Å². The second-order valence-electron chi connectivity index (χ2n) is 6.70. The molecule has 0 radical (unpaired) electrons. The number of carboxylic acids is 1. The number of aryl methyl sites for hydroxylation is 1. The predicted molar refractivity (Wildman–Crippen MR) is 99.8 cm³/mol. The first-order chi connectivity index (χ1) is 13.1. The fourth-order valence-electron chi connectivity index (χ4n) is 3.76. The molecular formula is C21H19NO5. The van der Waals surface area contributed by atoms with Crippen LogP contribution in [0.4, 0.5) is 0 Å². The molecule has 0 spiro atoms. The van der Waals surface area contributed by atoms with Crippen LogP contribution < -0.4 is 10.9 Å². The van der Waals surface area contributed by atoms with Crippen LogP contribution in [-0.4, -0.2) is 16.2 Å². The van der Waals surface area contributed by atoms with E-state index in [1.807, 2.05) is 6.07 Å². The quantitative estimate of drug-likeness (QED) is 0.601. The van der Waals surface area contributed by atoms with Crippen LogP contribution in [0.5, 0.6) is 5.75 Å². The van der Waals surface area contributed by atoms with Gasteiger partial charge in [0.15, 0.2) is 0 Å². The van der Waals surface area contributed by atoms with Gasteiger partial charge in [-0.1, -0.05) is 30.3 Å². The van der Waals surface area contributed by atoms with Gasteiger partial charge in [-0.2, -0.15) is 0 Å². The van der Waals surface area contributed by atoms with Crippen molar-refractivity contribution in [2.45, 2.75) is 31.8 Å². The smallest absolute Gasteiger partial charge is 0.339 e. The highest BCUT2D eigenvalue weighted by molar-refractivity contribution is 5.86. The van der Waals surface area contributed by atoms with Gasteiger partial charge in [-0.3, -0.25) is 10.1 Å². The van der Waals surface area contributed by atoms with Gasteiger partial charge >= 0.3 is 11.6 Å². The zero-order valence-electron chi connectivity index (χ0n) is 14.6. The first-order valence-corrected chi connectivity index (χ1v) is 8.87. The highest BCUT2D eigenvalue weighted by atomic mass is 16.4. The summed E-state index contributed by atoms with van der Waals surface area (Å²) in [5.74, 6) is -1.06. The lowest BCUT2D eigenvalue weighted by Crippen LogP contribution is -2.28. The summed E-state index contributed by atoms with van der Waals surface area (Å²) in [4.78, 5) is 24.0. The molecule has 0 amide bonds. The highest BCUT2D eigenvalue weighted by Crippen LogP contribution is 2.33. The third-order valence-electron chi connectivity index (χ3n) is 5.08. The fraction of sp³-hybridized carbons (Fsp3) is 0.238. The van der Waals surface area contributed by atoms with Crippen molar-refractivity contribution >= 4 is 16.9 Å². The number of phenols is 1. The van der Waals surface area contributed by atoms with Crippen LogP contribution in [0.1, 0.15) is 34.7 Å². The Morgan fingerprint density at radius 1 is 1.11 bits per heavy atom. The molecule has 4 rings (SSSR count). The molecule has 2 aromatic carbocycles. The van der Waals surface area contributed by atoms with E-state index in [2.05, 4.69) is 5.32 Å². The van der Waals surface area contributed by atoms with Gasteiger partial charge in [0, 0.05) is 17.5 Å². The number of aromatic hydroxyl groups is 1. The van der Waals surface area contributed by atoms with Crippen molar-refractivity contribution in [3.63, 3.8) is 0 Å². The average Bonchev–Trinajstić information content (AvgIpc) is 3.15. The van der Waals surface area contributed by atoms with Crippen LogP contribution in [0.2, 0.25) is 0 Å². The van der Waals surface area contributed by atoms with Gasteiger partial charge in [0.05, 0.1) is 5.56 Å². The van der Waals surface area contributed by atoms with E-state index in [-0.39, 0.29) is 17.9 Å². The van der Waals surface area contributed by atoms with Gasteiger partial charge < -0.3 is 14.6 Å². The number of aliphatic carboxylic acids is 1. The van der Waals surface area contributed by atoms with Crippen LogP contribution >= 0.6 is 0 Å². The standard InChI is InChI=1S/C21H19NO5/c23-17-10-9-14-13-7-4-8-15(13)21(26)27-19(14)16(17)11-22-18(20(24)25)12-5-2-1-3-6-12/h1-3,5-6,9-10,18,22-23H,4,7-8,11H2,(H,24,25)/t18-/m0/s1. The molecule has 6 heteroatoms. The summed E-state index contributed by atoms with van der Waals surface area (Å²) in [5.41, 5.74) is 2.62. The number of phenolic OH excluding ortho intramolecular Hbond substituents is 1. The molecular weight excluding hydrogens is 346 g/mol. The molecule has 138 valence electrons. The summed E-state index contributed by atoms with van der Waals surface area (Å²) in [6, 6.07) is 11.2. The van der Waals surface area contributed by atoms with Crippen molar-refractivity contribution in [3.05, 3.63) is 75.1 Å². The van der Waals surface area contributed by atoms with Crippen molar-refractivity contribution < 1.29 is 19.4 Å². The zero-order chi connectivity index (χ0) is 19.0. The Hall–Kier alpha value is -3.12. The maximum atomic E-state index is 12.3. The molecule has 0 fully saturated rings. The molecule has 3 N–H and O–H groups in total. The highest BCUT2D eigenvalue weighted by Gasteiger charge is 2.24. The molecule has 1 atom stereocenters. The van der Waals surface area contributed by atoms with Gasteiger partial charge in [0.2, 0.25) is 0 Å². The summed E-state index contributed by atoms with van der Waals surface area (Å²) in [7, 11) is 0. The van der Waals surface area contributed by atoms with Crippen LogP contribution in [0.3, 0.4) is 0 Å². The van der Waals surface area contributed by atoms with Crippen molar-refractivity contribution in [1.82, 2.24) is 5.32 Å². The first kappa shape index (κ1) is 17.3. The van der Waals surface area contributed by atoms with Crippen molar-refractivity contribution in [2.75, 3.05) is 0 Å². The SMILES string of the molecule is O=C(O)[C@@H](NCc1c(O)ccc2c3c(c(=O)oc12)CCC3)c1ccccc1. The summed E-state index contributed by atoms with van der Waals surface area (Å²) < 4.78 is 5.51. The topological polar surface area (TPSA) is 99.8 Å². The van der Waals surface area contributed by atoms with Gasteiger partial charge in [-0.15, -0.1) is 0 Å². The molecule has 3 aromatic rings. The Kier molecular flexibility index (Phi) is 4.41. The van der Waals surface area contributed by atoms with E-state index in [0.29, 0.717) is 28.7 Å². The molecule has 0 saturated heterocycles. The fourth-order valence-corrected chi connectivity index (χ4v) is 3.76. The minimum absolute atomic E-state index is 0.0340. The minimum atomic E-state index is -1.02.